The molecule has 0 atom stereocenters. The van der Waals surface area contributed by atoms with E-state index in [2.05, 4.69) is 0 Å². The molecule has 3 aromatic carbocycles. The summed E-state index contributed by atoms with van der Waals surface area (Å²) in [5.74, 6) is -1.71. The Bertz CT molecular complexity index is 1800. The van der Waals surface area contributed by atoms with Crippen LogP contribution in [0.4, 0.5) is 11.4 Å². The van der Waals surface area contributed by atoms with E-state index in [1.165, 1.54) is 84.9 Å². The maximum atomic E-state index is 13.6. The lowest BCUT2D eigenvalue weighted by Crippen LogP contribution is -2.38. The summed E-state index contributed by atoms with van der Waals surface area (Å²) in [6.07, 6.45) is 0. The Hall–Kier alpha value is -3.52. The molecule has 0 saturated heterocycles. The third-order valence-electron chi connectivity index (χ3n) is 5.85. The molecule has 0 unspecified atom stereocenters. The van der Waals surface area contributed by atoms with Gasteiger partial charge in [0.25, 0.3) is 31.9 Å². The minimum Gasteiger partial charge on any atom is -0.268 e. The highest BCUT2D eigenvalue weighted by atomic mass is 35.5. The summed E-state index contributed by atoms with van der Waals surface area (Å²) in [5, 5.41) is 3.86. The number of amides is 2. The van der Waals surface area contributed by atoms with Gasteiger partial charge in [0.2, 0.25) is 0 Å². The predicted molar refractivity (Wildman–Crippen MR) is 166 cm³/mol. The second kappa shape index (κ2) is 12.0. The number of nitrogens with zero attached hydrogens (tertiary/aromatic N) is 2. The number of carbonyl (C=O) groups excluding carboxylic acids is 2. The van der Waals surface area contributed by atoms with Crippen molar-refractivity contribution in [1.82, 2.24) is 0 Å². The first-order valence-corrected chi connectivity index (χ1v) is 17.3. The Morgan fingerprint density at radius 2 is 0.857 bits per heavy atom. The Balaban J connectivity index is 1.61. The zero-order valence-corrected chi connectivity index (χ0v) is 25.9. The molecule has 0 N–H and O–H groups in total. The SMILES string of the molecule is O=C(c1ccc(Cl)cc1)N(c1ccc(N(C(=O)c2ccc(Cl)cc2)S(=O)(=O)c2cccs2)cc1)S(=O)(=O)c1cccs1. The zero-order chi connectivity index (χ0) is 30.1. The van der Waals surface area contributed by atoms with Gasteiger partial charge in [-0.05, 0) is 95.7 Å². The lowest BCUT2D eigenvalue weighted by Gasteiger charge is -2.25. The number of carbonyl (C=O) groups is 2. The largest absolute Gasteiger partial charge is 0.280 e. The molecule has 2 heterocycles. The van der Waals surface area contributed by atoms with Crippen molar-refractivity contribution in [1.29, 1.82) is 0 Å². The summed E-state index contributed by atoms with van der Waals surface area (Å²) in [7, 11) is -8.74. The summed E-state index contributed by atoms with van der Waals surface area (Å²) in [6.45, 7) is 0. The maximum absolute atomic E-state index is 13.6. The van der Waals surface area contributed by atoms with Crippen molar-refractivity contribution in [2.45, 2.75) is 8.42 Å². The van der Waals surface area contributed by atoms with Gasteiger partial charge in [0.15, 0.2) is 0 Å². The highest BCUT2D eigenvalue weighted by Crippen LogP contribution is 2.33. The average Bonchev–Trinajstić information content (AvgIpc) is 3.71. The van der Waals surface area contributed by atoms with Crippen molar-refractivity contribution in [2.24, 2.45) is 0 Å². The van der Waals surface area contributed by atoms with E-state index in [1.54, 1.807) is 22.9 Å². The van der Waals surface area contributed by atoms with Gasteiger partial charge < -0.3 is 0 Å². The topological polar surface area (TPSA) is 109 Å². The van der Waals surface area contributed by atoms with Crippen molar-refractivity contribution in [2.75, 3.05) is 8.61 Å². The minimum absolute atomic E-state index is 0.0587. The molecule has 0 bridgehead atoms. The molecule has 0 aliphatic rings. The van der Waals surface area contributed by atoms with Gasteiger partial charge in [-0.25, -0.2) is 0 Å². The van der Waals surface area contributed by atoms with Gasteiger partial charge in [-0.3, -0.25) is 9.59 Å². The third-order valence-corrected chi connectivity index (χ3v) is 12.5. The quantitative estimate of drug-likeness (QED) is 0.172. The third kappa shape index (κ3) is 5.87. The molecule has 0 radical (unpaired) electrons. The monoisotopic (exact) mass is 676 g/mol. The number of anilines is 2. The number of benzene rings is 3. The van der Waals surface area contributed by atoms with E-state index in [-0.39, 0.29) is 30.9 Å². The molecule has 2 amide bonds. The number of rotatable bonds is 8. The Kier molecular flexibility index (Phi) is 8.56. The summed E-state index contributed by atoms with van der Waals surface area (Å²) in [6, 6.07) is 22.3. The fourth-order valence-electron chi connectivity index (χ4n) is 3.87. The van der Waals surface area contributed by atoms with E-state index in [1.807, 2.05) is 0 Å². The van der Waals surface area contributed by atoms with Crippen LogP contribution in [0, 0.1) is 0 Å². The first kappa shape index (κ1) is 30.0. The van der Waals surface area contributed by atoms with Crippen LogP contribution < -0.4 is 8.61 Å². The van der Waals surface area contributed by atoms with Crippen LogP contribution in [0.15, 0.2) is 116 Å². The van der Waals surface area contributed by atoms with Crippen LogP contribution in [0.5, 0.6) is 0 Å². The molecule has 0 saturated carbocycles. The van der Waals surface area contributed by atoms with Gasteiger partial charge in [-0.1, -0.05) is 35.3 Å². The standard InChI is InChI=1S/C28H18Cl2N2O6S4/c29-21-9-5-19(6-10-21)27(33)31(41(35,36)25-3-1-17-39-25)23-13-15-24(16-14-23)32(42(37,38)26-4-2-18-40-26)28(34)20-7-11-22(30)12-8-20/h1-18H. The van der Waals surface area contributed by atoms with Crippen LogP contribution in [0.2, 0.25) is 10.0 Å². The normalized spacial score (nSPS) is 11.7. The van der Waals surface area contributed by atoms with Gasteiger partial charge in [0, 0.05) is 21.2 Å². The van der Waals surface area contributed by atoms with Crippen molar-refractivity contribution < 1.29 is 26.4 Å². The number of sulfonamides is 2. The Labute approximate surface area is 260 Å². The minimum atomic E-state index is -4.37. The number of hydrogen-bond donors (Lipinski definition) is 0. The number of hydrogen-bond acceptors (Lipinski definition) is 8. The van der Waals surface area contributed by atoms with Crippen LogP contribution in [0.25, 0.3) is 0 Å². The Morgan fingerprint density at radius 1 is 0.524 bits per heavy atom. The molecular formula is C28H18Cl2N2O6S4. The van der Waals surface area contributed by atoms with Crippen LogP contribution in [0.3, 0.4) is 0 Å². The summed E-state index contributed by atoms with van der Waals surface area (Å²) in [4.78, 5) is 27.2. The van der Waals surface area contributed by atoms with Crippen LogP contribution in [0.1, 0.15) is 20.7 Å². The van der Waals surface area contributed by atoms with E-state index in [0.29, 0.717) is 18.7 Å². The Morgan fingerprint density at radius 3 is 1.14 bits per heavy atom. The highest BCUT2D eigenvalue weighted by Gasteiger charge is 2.35. The molecule has 5 rings (SSSR count). The maximum Gasteiger partial charge on any atom is 0.280 e. The van der Waals surface area contributed by atoms with Gasteiger partial charge in [-0.15, -0.1) is 22.7 Å². The van der Waals surface area contributed by atoms with Crippen molar-refractivity contribution in [3.8, 4) is 0 Å². The molecule has 14 heteroatoms. The molecule has 214 valence electrons. The van der Waals surface area contributed by atoms with Crippen LogP contribution in [-0.4, -0.2) is 28.6 Å². The smallest absolute Gasteiger partial charge is 0.268 e. The molecule has 0 fully saturated rings. The van der Waals surface area contributed by atoms with Crippen LogP contribution in [-0.2, 0) is 20.0 Å². The lowest BCUT2D eigenvalue weighted by atomic mass is 10.2. The summed E-state index contributed by atoms with van der Waals surface area (Å²) in [5.41, 5.74) is -0.0223. The van der Waals surface area contributed by atoms with E-state index < -0.39 is 31.9 Å². The molecule has 2 aromatic heterocycles. The molecule has 5 aromatic rings. The first-order chi connectivity index (χ1) is 20.0. The molecule has 0 spiro atoms. The van der Waals surface area contributed by atoms with E-state index >= 15 is 0 Å². The summed E-state index contributed by atoms with van der Waals surface area (Å²) < 4.78 is 55.7. The fraction of sp³-hybridized carbons (Fsp3) is 0. The van der Waals surface area contributed by atoms with E-state index in [0.717, 1.165) is 22.7 Å². The van der Waals surface area contributed by atoms with Gasteiger partial charge >= 0.3 is 0 Å². The molecule has 8 nitrogen and oxygen atoms in total. The van der Waals surface area contributed by atoms with E-state index in [4.69, 9.17) is 23.2 Å². The second-order valence-corrected chi connectivity index (χ2v) is 15.3. The molecule has 42 heavy (non-hydrogen) atoms. The van der Waals surface area contributed by atoms with Gasteiger partial charge in [0.1, 0.15) is 8.42 Å². The van der Waals surface area contributed by atoms with Crippen LogP contribution >= 0.6 is 45.9 Å². The van der Waals surface area contributed by atoms with Gasteiger partial charge in [-0.2, -0.15) is 25.4 Å². The molecule has 0 aliphatic carbocycles. The average molecular weight is 678 g/mol. The molecular weight excluding hydrogens is 659 g/mol. The van der Waals surface area contributed by atoms with E-state index in [9.17, 15) is 26.4 Å². The molecule has 0 aliphatic heterocycles. The number of halogens is 2. The second-order valence-electron chi connectivity index (χ2n) is 8.54. The summed E-state index contributed by atoms with van der Waals surface area (Å²) >= 11 is 13.8. The predicted octanol–water partition coefficient (Wildman–Crippen LogP) is 7.19. The fourth-order valence-corrected chi connectivity index (χ4v) is 9.08. The van der Waals surface area contributed by atoms with Crippen molar-refractivity contribution in [3.05, 3.63) is 129 Å². The van der Waals surface area contributed by atoms with Crippen molar-refractivity contribution in [3.63, 3.8) is 0 Å². The number of thiophene rings is 2. The van der Waals surface area contributed by atoms with Gasteiger partial charge in [0.05, 0.1) is 11.4 Å². The van der Waals surface area contributed by atoms with Crippen molar-refractivity contribution >= 4 is 89.1 Å². The highest BCUT2D eigenvalue weighted by molar-refractivity contribution is 7.96. The zero-order valence-electron chi connectivity index (χ0n) is 21.1. The lowest BCUT2D eigenvalue weighted by molar-refractivity contribution is 0.0996. The first-order valence-electron chi connectivity index (χ1n) is 11.9.